The third-order valence-corrected chi connectivity index (χ3v) is 5.50. The molecule has 2 rings (SSSR count). The highest BCUT2D eigenvalue weighted by molar-refractivity contribution is 7.89. The van der Waals surface area contributed by atoms with Gasteiger partial charge in [-0.05, 0) is 37.6 Å². The Hall–Kier alpha value is -2.42. The molecule has 0 aliphatic heterocycles. The highest BCUT2D eigenvalue weighted by atomic mass is 32.2. The summed E-state index contributed by atoms with van der Waals surface area (Å²) in [5, 5.41) is 2.73. The predicted molar refractivity (Wildman–Crippen MR) is 104 cm³/mol. The topological polar surface area (TPSA) is 111 Å². The minimum atomic E-state index is -3.81. The number of carbonyl (C=O) groups is 1. The summed E-state index contributed by atoms with van der Waals surface area (Å²) in [4.78, 5) is 12.4. The highest BCUT2D eigenvalue weighted by Gasteiger charge is 2.22. The van der Waals surface area contributed by atoms with Gasteiger partial charge in [-0.25, -0.2) is 13.1 Å². The van der Waals surface area contributed by atoms with Gasteiger partial charge in [0.25, 0.3) is 5.91 Å². The lowest BCUT2D eigenvalue weighted by atomic mass is 10.1. The lowest BCUT2D eigenvalue weighted by Crippen LogP contribution is -2.33. The second-order valence-electron chi connectivity index (χ2n) is 6.37. The van der Waals surface area contributed by atoms with Crippen molar-refractivity contribution in [3.05, 3.63) is 59.7 Å². The Morgan fingerprint density at radius 1 is 1.15 bits per heavy atom. The van der Waals surface area contributed by atoms with E-state index in [1.54, 1.807) is 13.8 Å². The Labute approximate surface area is 160 Å². The molecule has 1 unspecified atom stereocenters. The highest BCUT2D eigenvalue weighted by Crippen LogP contribution is 2.25. The molecule has 0 spiro atoms. The monoisotopic (exact) mass is 391 g/mol. The number of hydrogen-bond acceptors (Lipinski definition) is 5. The van der Waals surface area contributed by atoms with Crippen molar-refractivity contribution in [1.29, 1.82) is 0 Å². The van der Waals surface area contributed by atoms with E-state index in [1.165, 1.54) is 25.3 Å². The quantitative estimate of drug-likeness (QED) is 0.636. The van der Waals surface area contributed by atoms with Crippen LogP contribution >= 0.6 is 0 Å². The fourth-order valence-corrected chi connectivity index (χ4v) is 3.97. The van der Waals surface area contributed by atoms with Gasteiger partial charge in [0.05, 0.1) is 7.11 Å². The Balaban J connectivity index is 2.18. The standard InChI is InChI=1S/C19H25N3O4S/c1-13(2)22-27(24,25)18-11-15(9-10-17(18)26-3)19(23)21-12-16(20)14-7-5-4-6-8-14/h4-11,13,16,22H,12,20H2,1-3H3,(H,21,23). The molecule has 27 heavy (non-hydrogen) atoms. The van der Waals surface area contributed by atoms with Gasteiger partial charge >= 0.3 is 0 Å². The zero-order valence-electron chi connectivity index (χ0n) is 15.6. The third-order valence-electron chi connectivity index (χ3n) is 3.82. The van der Waals surface area contributed by atoms with E-state index in [2.05, 4.69) is 10.0 Å². The molecule has 1 atom stereocenters. The average Bonchev–Trinajstić information content (AvgIpc) is 2.65. The van der Waals surface area contributed by atoms with E-state index < -0.39 is 15.9 Å². The molecule has 8 heteroatoms. The number of ether oxygens (including phenoxy) is 1. The van der Waals surface area contributed by atoms with Crippen molar-refractivity contribution < 1.29 is 17.9 Å². The zero-order chi connectivity index (χ0) is 20.0. The Kier molecular flexibility index (Phi) is 6.95. The van der Waals surface area contributed by atoms with Crippen LogP contribution in [-0.2, 0) is 10.0 Å². The first-order valence-corrected chi connectivity index (χ1v) is 10.0. The van der Waals surface area contributed by atoms with Crippen LogP contribution in [0.1, 0.15) is 35.8 Å². The van der Waals surface area contributed by atoms with Gasteiger partial charge in [-0.1, -0.05) is 30.3 Å². The molecular formula is C19H25N3O4S. The number of sulfonamides is 1. The summed E-state index contributed by atoms with van der Waals surface area (Å²) in [6.45, 7) is 3.65. The van der Waals surface area contributed by atoms with Crippen LogP contribution in [0.4, 0.5) is 0 Å². The zero-order valence-corrected chi connectivity index (χ0v) is 16.4. The van der Waals surface area contributed by atoms with Crippen LogP contribution in [-0.4, -0.2) is 34.0 Å². The molecule has 0 aliphatic carbocycles. The second kappa shape index (κ2) is 8.98. The maximum absolute atomic E-state index is 12.5. The van der Waals surface area contributed by atoms with E-state index in [0.717, 1.165) is 5.56 Å². The van der Waals surface area contributed by atoms with Gasteiger partial charge in [-0.2, -0.15) is 0 Å². The number of hydrogen-bond donors (Lipinski definition) is 3. The van der Waals surface area contributed by atoms with Gasteiger partial charge in [-0.15, -0.1) is 0 Å². The first-order chi connectivity index (χ1) is 12.7. The van der Waals surface area contributed by atoms with Crippen LogP contribution in [0.25, 0.3) is 0 Å². The van der Waals surface area contributed by atoms with Crippen LogP contribution in [0.5, 0.6) is 5.75 Å². The Morgan fingerprint density at radius 2 is 1.81 bits per heavy atom. The summed E-state index contributed by atoms with van der Waals surface area (Å²) in [6, 6.07) is 13.0. The molecular weight excluding hydrogens is 366 g/mol. The first-order valence-electron chi connectivity index (χ1n) is 8.53. The number of benzene rings is 2. The molecule has 1 amide bonds. The summed E-state index contributed by atoms with van der Waals surface area (Å²) in [5.41, 5.74) is 7.19. The number of methoxy groups -OCH3 is 1. The summed E-state index contributed by atoms with van der Waals surface area (Å²) in [5.74, 6) is -0.245. The van der Waals surface area contributed by atoms with E-state index in [4.69, 9.17) is 10.5 Å². The lowest BCUT2D eigenvalue weighted by Gasteiger charge is -2.15. The van der Waals surface area contributed by atoms with Crippen LogP contribution < -0.4 is 20.5 Å². The van der Waals surface area contributed by atoms with Crippen molar-refractivity contribution >= 4 is 15.9 Å². The minimum Gasteiger partial charge on any atom is -0.495 e. The van der Waals surface area contributed by atoms with Crippen molar-refractivity contribution in [2.45, 2.75) is 30.8 Å². The van der Waals surface area contributed by atoms with E-state index in [-0.39, 0.29) is 34.8 Å². The van der Waals surface area contributed by atoms with Crippen molar-refractivity contribution in [1.82, 2.24) is 10.0 Å². The summed E-state index contributed by atoms with van der Waals surface area (Å²) in [7, 11) is -2.43. The van der Waals surface area contributed by atoms with Gasteiger partial charge in [0.15, 0.2) is 0 Å². The van der Waals surface area contributed by atoms with Crippen molar-refractivity contribution in [3.63, 3.8) is 0 Å². The van der Waals surface area contributed by atoms with Gasteiger partial charge in [0.1, 0.15) is 10.6 Å². The van der Waals surface area contributed by atoms with E-state index in [1.807, 2.05) is 30.3 Å². The molecule has 2 aromatic rings. The summed E-state index contributed by atoms with van der Waals surface area (Å²) in [6.07, 6.45) is 0. The van der Waals surface area contributed by atoms with Crippen molar-refractivity contribution in [2.24, 2.45) is 5.73 Å². The smallest absolute Gasteiger partial charge is 0.251 e. The maximum atomic E-state index is 12.5. The molecule has 0 bridgehead atoms. The van der Waals surface area contributed by atoms with Gasteiger partial charge in [-0.3, -0.25) is 4.79 Å². The molecule has 146 valence electrons. The van der Waals surface area contributed by atoms with Crippen LogP contribution in [0.3, 0.4) is 0 Å². The Morgan fingerprint density at radius 3 is 2.41 bits per heavy atom. The number of rotatable bonds is 8. The molecule has 0 saturated heterocycles. The second-order valence-corrected chi connectivity index (χ2v) is 8.05. The lowest BCUT2D eigenvalue weighted by molar-refractivity contribution is 0.0951. The fraction of sp³-hybridized carbons (Fsp3) is 0.316. The molecule has 0 heterocycles. The molecule has 0 aromatic heterocycles. The molecule has 0 aliphatic rings. The van der Waals surface area contributed by atoms with Gasteiger partial charge in [0.2, 0.25) is 10.0 Å². The average molecular weight is 391 g/mol. The fourth-order valence-electron chi connectivity index (χ4n) is 2.52. The van der Waals surface area contributed by atoms with Gasteiger partial charge < -0.3 is 15.8 Å². The molecule has 0 fully saturated rings. The Bertz CT molecular complexity index is 883. The number of amides is 1. The first kappa shape index (κ1) is 20.9. The van der Waals surface area contributed by atoms with E-state index >= 15 is 0 Å². The normalized spacial score (nSPS) is 12.6. The van der Waals surface area contributed by atoms with Crippen LogP contribution in [0, 0.1) is 0 Å². The van der Waals surface area contributed by atoms with Crippen molar-refractivity contribution in [3.8, 4) is 5.75 Å². The molecule has 4 N–H and O–H groups in total. The van der Waals surface area contributed by atoms with Crippen molar-refractivity contribution in [2.75, 3.05) is 13.7 Å². The maximum Gasteiger partial charge on any atom is 0.251 e. The SMILES string of the molecule is COc1ccc(C(=O)NCC(N)c2ccccc2)cc1S(=O)(=O)NC(C)C. The van der Waals surface area contributed by atoms with E-state index in [0.29, 0.717) is 0 Å². The third kappa shape index (κ3) is 5.53. The predicted octanol–water partition coefficient (Wildman–Crippen LogP) is 1.81. The minimum absolute atomic E-state index is 0.0845. The summed E-state index contributed by atoms with van der Waals surface area (Å²) < 4.78 is 32.6. The summed E-state index contributed by atoms with van der Waals surface area (Å²) >= 11 is 0. The van der Waals surface area contributed by atoms with E-state index in [9.17, 15) is 13.2 Å². The number of nitrogens with one attached hydrogen (secondary N) is 2. The molecule has 2 aromatic carbocycles. The number of carbonyl (C=O) groups excluding carboxylic acids is 1. The molecule has 0 radical (unpaired) electrons. The number of nitrogens with two attached hydrogens (primary N) is 1. The van der Waals surface area contributed by atoms with Crippen LogP contribution in [0.15, 0.2) is 53.4 Å². The molecule has 0 saturated carbocycles. The van der Waals surface area contributed by atoms with Gasteiger partial charge in [0, 0.05) is 24.2 Å². The largest absolute Gasteiger partial charge is 0.495 e. The molecule has 7 nitrogen and oxygen atoms in total. The van der Waals surface area contributed by atoms with Crippen LogP contribution in [0.2, 0.25) is 0 Å².